The minimum absolute atomic E-state index is 0.948. The lowest BCUT2D eigenvalue weighted by atomic mass is 10.2. The van der Waals surface area contributed by atoms with Crippen LogP contribution in [-0.2, 0) is 7.05 Å². The standard InChI is InChI=1S/C14H13BrN4/c1-10-13(11-8-16-18(2)9-11)17-19(14(10)15)12-6-4-3-5-7-12/h3-9H,1-2H3. The van der Waals surface area contributed by atoms with Gasteiger partial charge in [0.2, 0.25) is 0 Å². The normalized spacial score (nSPS) is 10.9. The number of hydrogen-bond donors (Lipinski definition) is 0. The van der Waals surface area contributed by atoms with E-state index < -0.39 is 0 Å². The van der Waals surface area contributed by atoms with E-state index >= 15 is 0 Å². The van der Waals surface area contributed by atoms with Crippen molar-refractivity contribution in [1.82, 2.24) is 19.6 Å². The van der Waals surface area contributed by atoms with Crippen molar-refractivity contribution in [2.45, 2.75) is 6.92 Å². The molecule has 2 heterocycles. The largest absolute Gasteiger partial charge is 0.275 e. The second-order valence-corrected chi connectivity index (χ2v) is 5.17. The van der Waals surface area contributed by atoms with Crippen molar-refractivity contribution in [3.63, 3.8) is 0 Å². The van der Waals surface area contributed by atoms with E-state index in [9.17, 15) is 0 Å². The molecular weight excluding hydrogens is 304 g/mol. The van der Waals surface area contributed by atoms with Crippen molar-refractivity contribution in [3.05, 3.63) is 52.9 Å². The van der Waals surface area contributed by atoms with Crippen LogP contribution >= 0.6 is 15.9 Å². The average Bonchev–Trinajstić information content (AvgIpc) is 2.97. The van der Waals surface area contributed by atoms with Gasteiger partial charge in [-0.25, -0.2) is 4.68 Å². The summed E-state index contributed by atoms with van der Waals surface area (Å²) in [5.41, 5.74) is 4.11. The van der Waals surface area contributed by atoms with Crippen LogP contribution in [0, 0.1) is 6.92 Å². The van der Waals surface area contributed by atoms with Gasteiger partial charge in [-0.2, -0.15) is 10.2 Å². The predicted octanol–water partition coefficient (Wildman–Crippen LogP) is 3.34. The van der Waals surface area contributed by atoms with Gasteiger partial charge < -0.3 is 0 Å². The Morgan fingerprint density at radius 2 is 1.89 bits per heavy atom. The summed E-state index contributed by atoms with van der Waals surface area (Å²) < 4.78 is 4.65. The first-order chi connectivity index (χ1) is 9.16. The molecular formula is C14H13BrN4. The van der Waals surface area contributed by atoms with Crippen molar-refractivity contribution in [2.24, 2.45) is 7.05 Å². The number of aryl methyl sites for hydroxylation is 1. The molecule has 1 aromatic carbocycles. The van der Waals surface area contributed by atoms with Crippen LogP contribution in [0.15, 0.2) is 47.3 Å². The molecule has 96 valence electrons. The maximum absolute atomic E-state index is 4.68. The smallest absolute Gasteiger partial charge is 0.113 e. The zero-order valence-electron chi connectivity index (χ0n) is 10.7. The maximum atomic E-state index is 4.68. The molecule has 0 amide bonds. The fraction of sp³-hybridized carbons (Fsp3) is 0.143. The molecule has 0 bridgehead atoms. The van der Waals surface area contributed by atoms with E-state index in [1.807, 2.05) is 54.5 Å². The quantitative estimate of drug-likeness (QED) is 0.727. The number of aromatic nitrogens is 4. The molecule has 0 radical (unpaired) electrons. The zero-order valence-corrected chi connectivity index (χ0v) is 12.3. The SMILES string of the molecule is Cc1c(-c2cnn(C)c2)nn(-c2ccccc2)c1Br. The lowest BCUT2D eigenvalue weighted by Crippen LogP contribution is -1.96. The van der Waals surface area contributed by atoms with Gasteiger partial charge in [0.25, 0.3) is 0 Å². The Morgan fingerprint density at radius 3 is 2.53 bits per heavy atom. The van der Waals surface area contributed by atoms with Crippen LogP contribution < -0.4 is 0 Å². The second kappa shape index (κ2) is 4.66. The van der Waals surface area contributed by atoms with Crippen LogP contribution in [0.1, 0.15) is 5.56 Å². The van der Waals surface area contributed by atoms with Gasteiger partial charge in [-0.3, -0.25) is 4.68 Å². The molecule has 0 unspecified atom stereocenters. The second-order valence-electron chi connectivity index (χ2n) is 4.41. The molecule has 2 aromatic heterocycles. The molecule has 19 heavy (non-hydrogen) atoms. The molecule has 0 N–H and O–H groups in total. The summed E-state index contributed by atoms with van der Waals surface area (Å²) in [5, 5.41) is 8.88. The van der Waals surface area contributed by atoms with Gasteiger partial charge in [-0.05, 0) is 35.0 Å². The van der Waals surface area contributed by atoms with E-state index in [1.54, 1.807) is 4.68 Å². The van der Waals surface area contributed by atoms with Crippen molar-refractivity contribution in [2.75, 3.05) is 0 Å². The lowest BCUT2D eigenvalue weighted by molar-refractivity contribution is 0.768. The Bertz CT molecular complexity index is 712. The molecule has 0 aliphatic rings. The van der Waals surface area contributed by atoms with Crippen LogP contribution in [0.2, 0.25) is 0 Å². The molecule has 3 rings (SSSR count). The van der Waals surface area contributed by atoms with E-state index in [-0.39, 0.29) is 0 Å². The minimum atomic E-state index is 0.948. The van der Waals surface area contributed by atoms with Gasteiger partial charge in [-0.15, -0.1) is 0 Å². The monoisotopic (exact) mass is 316 g/mol. The highest BCUT2D eigenvalue weighted by atomic mass is 79.9. The highest BCUT2D eigenvalue weighted by Crippen LogP contribution is 2.29. The summed E-state index contributed by atoms with van der Waals surface area (Å²) in [6.07, 6.45) is 3.80. The van der Waals surface area contributed by atoms with Gasteiger partial charge in [-0.1, -0.05) is 18.2 Å². The van der Waals surface area contributed by atoms with Crippen LogP contribution in [0.4, 0.5) is 0 Å². The Labute approximate surface area is 119 Å². The molecule has 3 aromatic rings. The van der Waals surface area contributed by atoms with Gasteiger partial charge in [0.15, 0.2) is 0 Å². The number of halogens is 1. The summed E-state index contributed by atoms with van der Waals surface area (Å²) in [4.78, 5) is 0. The summed E-state index contributed by atoms with van der Waals surface area (Å²) in [6.45, 7) is 2.05. The fourth-order valence-corrected chi connectivity index (χ4v) is 2.51. The van der Waals surface area contributed by atoms with Crippen molar-refractivity contribution >= 4 is 15.9 Å². The number of hydrogen-bond acceptors (Lipinski definition) is 2. The van der Waals surface area contributed by atoms with Crippen LogP contribution in [0.3, 0.4) is 0 Å². The summed E-state index contributed by atoms with van der Waals surface area (Å²) in [6, 6.07) is 10.1. The highest BCUT2D eigenvalue weighted by Gasteiger charge is 2.15. The first-order valence-electron chi connectivity index (χ1n) is 5.96. The van der Waals surface area contributed by atoms with Crippen LogP contribution in [-0.4, -0.2) is 19.6 Å². The summed E-state index contributed by atoms with van der Waals surface area (Å²) in [7, 11) is 1.90. The van der Waals surface area contributed by atoms with Crippen LogP contribution in [0.25, 0.3) is 16.9 Å². The zero-order chi connectivity index (χ0) is 13.4. The molecule has 5 heteroatoms. The van der Waals surface area contributed by atoms with E-state index in [0.29, 0.717) is 0 Å². The maximum Gasteiger partial charge on any atom is 0.113 e. The summed E-state index contributed by atoms with van der Waals surface area (Å²) in [5.74, 6) is 0. The number of rotatable bonds is 2. The molecule has 0 fully saturated rings. The van der Waals surface area contributed by atoms with Gasteiger partial charge in [0, 0.05) is 24.4 Å². The Balaban J connectivity index is 2.15. The van der Waals surface area contributed by atoms with Gasteiger partial charge in [0.05, 0.1) is 17.6 Å². The molecule has 0 saturated carbocycles. The third-order valence-electron chi connectivity index (χ3n) is 3.03. The fourth-order valence-electron chi connectivity index (χ4n) is 2.03. The average molecular weight is 317 g/mol. The Kier molecular flexibility index (Phi) is 2.98. The number of nitrogens with zero attached hydrogens (tertiary/aromatic N) is 4. The Morgan fingerprint density at radius 1 is 1.16 bits per heavy atom. The number of para-hydroxylation sites is 1. The highest BCUT2D eigenvalue weighted by molar-refractivity contribution is 9.10. The van der Waals surface area contributed by atoms with Crippen LogP contribution in [0.5, 0.6) is 0 Å². The van der Waals surface area contributed by atoms with E-state index in [4.69, 9.17) is 0 Å². The molecule has 0 spiro atoms. The Hall–Kier alpha value is -1.88. The third-order valence-corrected chi connectivity index (χ3v) is 3.96. The van der Waals surface area contributed by atoms with Crippen molar-refractivity contribution in [3.8, 4) is 16.9 Å². The first-order valence-corrected chi connectivity index (χ1v) is 6.75. The topological polar surface area (TPSA) is 35.6 Å². The van der Waals surface area contributed by atoms with E-state index in [2.05, 4.69) is 33.1 Å². The predicted molar refractivity (Wildman–Crippen MR) is 78.2 cm³/mol. The molecule has 0 aliphatic heterocycles. The van der Waals surface area contributed by atoms with E-state index in [1.165, 1.54) is 0 Å². The number of benzene rings is 1. The molecule has 0 aliphatic carbocycles. The molecule has 0 atom stereocenters. The lowest BCUT2D eigenvalue weighted by Gasteiger charge is -2.01. The van der Waals surface area contributed by atoms with Crippen molar-refractivity contribution < 1.29 is 0 Å². The van der Waals surface area contributed by atoms with Crippen molar-refractivity contribution in [1.29, 1.82) is 0 Å². The first kappa shape index (κ1) is 12.2. The van der Waals surface area contributed by atoms with Gasteiger partial charge >= 0.3 is 0 Å². The molecule has 4 nitrogen and oxygen atoms in total. The van der Waals surface area contributed by atoms with E-state index in [0.717, 1.165) is 27.1 Å². The summed E-state index contributed by atoms with van der Waals surface area (Å²) >= 11 is 3.62. The van der Waals surface area contributed by atoms with Gasteiger partial charge in [0.1, 0.15) is 4.60 Å². The third kappa shape index (κ3) is 2.10. The minimum Gasteiger partial charge on any atom is -0.275 e. The molecule has 0 saturated heterocycles.